The Bertz CT molecular complexity index is 3010. The molecule has 0 atom stereocenters. The van der Waals surface area contributed by atoms with Crippen LogP contribution in [0.15, 0.2) is 183 Å². The molecule has 0 N–H and O–H groups in total. The highest BCUT2D eigenvalue weighted by Crippen LogP contribution is 2.41. The molecule has 0 bridgehead atoms. The Hall–Kier alpha value is -7.24. The van der Waals surface area contributed by atoms with Gasteiger partial charge in [0.2, 0.25) is 0 Å². The number of hydrogen-bond acceptors (Lipinski definition) is 4. The molecule has 0 aromatic heterocycles. The van der Waals surface area contributed by atoms with E-state index in [1.807, 2.05) is 12.2 Å². The van der Waals surface area contributed by atoms with Crippen LogP contribution in [0.1, 0.15) is 183 Å². The van der Waals surface area contributed by atoms with Gasteiger partial charge >= 0.3 is 0 Å². The molecule has 0 aliphatic rings. The maximum absolute atomic E-state index is 6.00. The van der Waals surface area contributed by atoms with E-state index in [0.29, 0.717) is 13.2 Å². The van der Waals surface area contributed by atoms with Crippen molar-refractivity contribution < 1.29 is 9.47 Å². The first-order valence-corrected chi connectivity index (χ1v) is 32.9. The standard InChI is InChI=1S/C82H100N2O2/c1-9-13-15-23-29-81-63(5)57-79(58-64(81)6)83(75-47-39-69(40-48-75)27-21-17-19-25-55-85-61-71-35-31-67(11-3)32-36-71)77-51-43-73(44-52-77)74-45-53-78(54-46-74)84(80-59-65(7)82(66(8)60-80)30-24-16-14-10-2)76-49-41-70(42-50-76)28-22-18-20-26-56-86-62-72-37-33-68(12-4)34-38-72/h11-12,31-54,57-60H,3-4,9-10,13-30,55-56,61-62H2,1-2,5-8H3. The SMILES string of the molecule is C=Cc1ccc(COCCCCCCc2ccc(N(c3ccc(-c4ccc(N(c5ccc(CCCCCCOCc6ccc(C=C)cc6)cc5)c5cc(C)c(CCCCCC)c(C)c5)cc4)cc3)c3cc(C)c(CCCCCC)c(C)c3)cc2)cc1. The molecule has 0 unspecified atom stereocenters. The average Bonchev–Trinajstić information content (AvgIpc) is 2.01. The summed E-state index contributed by atoms with van der Waals surface area (Å²) in [7, 11) is 0. The third-order valence-corrected chi connectivity index (χ3v) is 17.4. The monoisotopic (exact) mass is 1140 g/mol. The molecule has 0 saturated carbocycles. The molecule has 0 heterocycles. The first-order valence-electron chi connectivity index (χ1n) is 32.9. The third-order valence-electron chi connectivity index (χ3n) is 17.4. The lowest BCUT2D eigenvalue weighted by Gasteiger charge is -2.28. The van der Waals surface area contributed by atoms with Crippen LogP contribution in [-0.4, -0.2) is 13.2 Å². The molecule has 4 nitrogen and oxygen atoms in total. The van der Waals surface area contributed by atoms with E-state index in [9.17, 15) is 0 Å². The van der Waals surface area contributed by atoms with Gasteiger partial charge < -0.3 is 19.3 Å². The first kappa shape index (κ1) is 64.8. The van der Waals surface area contributed by atoms with E-state index in [2.05, 4.69) is 234 Å². The van der Waals surface area contributed by atoms with Crippen LogP contribution in [0.3, 0.4) is 0 Å². The molecule has 8 rings (SSSR count). The zero-order chi connectivity index (χ0) is 60.3. The van der Waals surface area contributed by atoms with Crippen molar-refractivity contribution in [3.05, 3.63) is 250 Å². The summed E-state index contributed by atoms with van der Waals surface area (Å²) >= 11 is 0. The number of hydrogen-bond donors (Lipinski definition) is 0. The van der Waals surface area contributed by atoms with Gasteiger partial charge in [-0.25, -0.2) is 0 Å². The van der Waals surface area contributed by atoms with Crippen LogP contribution in [0, 0.1) is 27.7 Å². The maximum atomic E-state index is 6.00. The quantitative estimate of drug-likeness (QED) is 0.0362. The van der Waals surface area contributed by atoms with E-state index >= 15 is 0 Å². The Morgan fingerprint density at radius 2 is 0.605 bits per heavy atom. The van der Waals surface area contributed by atoms with Crippen LogP contribution < -0.4 is 9.80 Å². The van der Waals surface area contributed by atoms with Crippen molar-refractivity contribution >= 4 is 46.3 Å². The van der Waals surface area contributed by atoms with E-state index in [4.69, 9.17) is 9.47 Å². The number of aryl methyl sites for hydroxylation is 6. The number of benzene rings is 8. The fourth-order valence-electron chi connectivity index (χ4n) is 12.2. The first-order chi connectivity index (χ1) is 42.1. The van der Waals surface area contributed by atoms with Crippen molar-refractivity contribution in [2.24, 2.45) is 0 Å². The Balaban J connectivity index is 0.949. The van der Waals surface area contributed by atoms with Crippen LogP contribution in [-0.2, 0) is 48.4 Å². The van der Waals surface area contributed by atoms with Crippen molar-refractivity contribution in [1.82, 2.24) is 0 Å². The summed E-state index contributed by atoms with van der Waals surface area (Å²) in [6.07, 6.45) is 27.7. The number of anilines is 6. The minimum absolute atomic E-state index is 0.667. The number of nitrogens with zero attached hydrogens (tertiary/aromatic N) is 2. The molecular formula is C82H100N2O2. The van der Waals surface area contributed by atoms with Gasteiger partial charge in [-0.15, -0.1) is 0 Å². The Kier molecular flexibility index (Phi) is 26.2. The molecule has 0 amide bonds. The Morgan fingerprint density at radius 1 is 0.314 bits per heavy atom. The van der Waals surface area contributed by atoms with Gasteiger partial charge in [-0.05, 0) is 243 Å². The minimum atomic E-state index is 0.667. The molecule has 0 aliphatic heterocycles. The summed E-state index contributed by atoms with van der Waals surface area (Å²) in [5.41, 5.74) is 25.5. The number of unbranched alkanes of at least 4 members (excludes halogenated alkanes) is 12. The molecule has 8 aromatic carbocycles. The minimum Gasteiger partial charge on any atom is -0.377 e. The van der Waals surface area contributed by atoms with Gasteiger partial charge in [-0.2, -0.15) is 0 Å². The van der Waals surface area contributed by atoms with E-state index < -0.39 is 0 Å². The van der Waals surface area contributed by atoms with Crippen LogP contribution in [0.25, 0.3) is 23.3 Å². The topological polar surface area (TPSA) is 24.9 Å². The smallest absolute Gasteiger partial charge is 0.0716 e. The molecule has 0 fully saturated rings. The summed E-state index contributed by atoms with van der Waals surface area (Å²) in [5, 5.41) is 0. The lowest BCUT2D eigenvalue weighted by Crippen LogP contribution is -2.11. The van der Waals surface area contributed by atoms with Gasteiger partial charge in [0.15, 0.2) is 0 Å². The fraction of sp³-hybridized carbons (Fsp3) is 0.366. The maximum Gasteiger partial charge on any atom is 0.0716 e. The normalized spacial score (nSPS) is 11.3. The lowest BCUT2D eigenvalue weighted by molar-refractivity contribution is 0.116. The zero-order valence-electron chi connectivity index (χ0n) is 53.4. The van der Waals surface area contributed by atoms with Crippen LogP contribution >= 0.6 is 0 Å². The van der Waals surface area contributed by atoms with Gasteiger partial charge in [-0.1, -0.05) is 200 Å². The van der Waals surface area contributed by atoms with E-state index in [1.165, 1.54) is 179 Å². The molecule has 86 heavy (non-hydrogen) atoms. The van der Waals surface area contributed by atoms with Crippen LogP contribution in [0.2, 0.25) is 0 Å². The Morgan fingerprint density at radius 3 is 0.930 bits per heavy atom. The molecule has 0 saturated heterocycles. The summed E-state index contributed by atoms with van der Waals surface area (Å²) in [4.78, 5) is 4.91. The molecule has 4 heteroatoms. The molecule has 0 spiro atoms. The molecule has 0 aliphatic carbocycles. The number of ether oxygens (including phenoxy) is 2. The molecule has 0 radical (unpaired) electrons. The molecule has 8 aromatic rings. The highest BCUT2D eigenvalue weighted by atomic mass is 16.5. The van der Waals surface area contributed by atoms with Gasteiger partial charge in [0.25, 0.3) is 0 Å². The predicted octanol–water partition coefficient (Wildman–Crippen LogP) is 23.7. The van der Waals surface area contributed by atoms with E-state index in [0.717, 1.165) is 74.2 Å². The van der Waals surface area contributed by atoms with Crippen molar-refractivity contribution in [3.8, 4) is 11.1 Å². The Labute approximate surface area is 520 Å². The zero-order valence-corrected chi connectivity index (χ0v) is 53.4. The summed E-state index contributed by atoms with van der Waals surface area (Å²) in [6.45, 7) is 24.5. The number of rotatable bonds is 37. The molecular weight excluding hydrogens is 1040 g/mol. The van der Waals surface area contributed by atoms with Crippen molar-refractivity contribution in [3.63, 3.8) is 0 Å². The largest absolute Gasteiger partial charge is 0.377 e. The van der Waals surface area contributed by atoms with Crippen molar-refractivity contribution in [1.29, 1.82) is 0 Å². The van der Waals surface area contributed by atoms with Crippen molar-refractivity contribution in [2.45, 2.75) is 183 Å². The van der Waals surface area contributed by atoms with Crippen LogP contribution in [0.5, 0.6) is 0 Å². The fourth-order valence-corrected chi connectivity index (χ4v) is 12.2. The van der Waals surface area contributed by atoms with Gasteiger partial charge in [-0.3, -0.25) is 0 Å². The second-order valence-corrected chi connectivity index (χ2v) is 24.2. The second kappa shape index (κ2) is 34.8. The average molecular weight is 1150 g/mol. The van der Waals surface area contributed by atoms with Gasteiger partial charge in [0.1, 0.15) is 0 Å². The highest BCUT2D eigenvalue weighted by Gasteiger charge is 2.19. The molecule has 450 valence electrons. The van der Waals surface area contributed by atoms with Gasteiger partial charge in [0, 0.05) is 47.3 Å². The third kappa shape index (κ3) is 19.4. The lowest BCUT2D eigenvalue weighted by atomic mass is 9.95. The summed E-state index contributed by atoms with van der Waals surface area (Å²) < 4.78 is 12.0. The summed E-state index contributed by atoms with van der Waals surface area (Å²) in [6, 6.07) is 63.8. The predicted molar refractivity (Wildman–Crippen MR) is 373 cm³/mol. The van der Waals surface area contributed by atoms with Crippen molar-refractivity contribution in [2.75, 3.05) is 23.0 Å². The van der Waals surface area contributed by atoms with E-state index in [1.54, 1.807) is 0 Å². The van der Waals surface area contributed by atoms with Crippen LogP contribution in [0.4, 0.5) is 34.1 Å². The second-order valence-electron chi connectivity index (χ2n) is 24.2. The van der Waals surface area contributed by atoms with E-state index in [-0.39, 0.29) is 0 Å². The summed E-state index contributed by atoms with van der Waals surface area (Å²) in [5.74, 6) is 0. The highest BCUT2D eigenvalue weighted by molar-refractivity contribution is 5.82. The van der Waals surface area contributed by atoms with Gasteiger partial charge in [0.05, 0.1) is 13.2 Å².